The zero-order chi connectivity index (χ0) is 33.6. The van der Waals surface area contributed by atoms with Gasteiger partial charge in [-0.1, -0.05) is 30.3 Å². The first kappa shape index (κ1) is 32.4. The standard InChI is InChI=1S/C37H35FN4O6/c1-3-42-19-31(24-4-9-27(38)10-5-24)35(43)32(20-42)37(44)41-28-11-6-23(7-12-28)30-16-26(18-40-36(30)39)25-8-13-33(34(17-25)45-2)48-22-29-21-46-14-15-47-29/h4-13,16-20,29H,3,14-15,21-22H2,1-2H3,(H2,39,40)(H,41,44)/t29-/m1/s1. The van der Waals surface area contributed by atoms with E-state index < -0.39 is 17.2 Å². The highest BCUT2D eigenvalue weighted by atomic mass is 19.1. The second kappa shape index (κ2) is 14.5. The summed E-state index contributed by atoms with van der Waals surface area (Å²) in [6, 6.07) is 20.3. The summed E-state index contributed by atoms with van der Waals surface area (Å²) in [6.07, 6.45) is 4.74. The summed E-state index contributed by atoms with van der Waals surface area (Å²) in [6.45, 7) is 4.41. The molecule has 0 unspecified atom stereocenters. The van der Waals surface area contributed by atoms with Crippen molar-refractivity contribution in [1.29, 1.82) is 0 Å². The molecule has 0 saturated carbocycles. The largest absolute Gasteiger partial charge is 0.493 e. The van der Waals surface area contributed by atoms with E-state index in [1.807, 2.05) is 43.3 Å². The van der Waals surface area contributed by atoms with Crippen LogP contribution in [0.25, 0.3) is 33.4 Å². The molecule has 6 rings (SSSR count). The van der Waals surface area contributed by atoms with E-state index in [0.29, 0.717) is 72.7 Å². The second-order valence-electron chi connectivity index (χ2n) is 11.2. The molecule has 1 atom stereocenters. The first-order chi connectivity index (χ1) is 23.3. The van der Waals surface area contributed by atoms with Gasteiger partial charge in [-0.3, -0.25) is 9.59 Å². The summed E-state index contributed by atoms with van der Waals surface area (Å²) < 4.78 is 37.9. The summed E-state index contributed by atoms with van der Waals surface area (Å²) in [7, 11) is 1.58. The Balaban J connectivity index is 1.19. The highest BCUT2D eigenvalue weighted by molar-refractivity contribution is 6.04. The molecule has 0 spiro atoms. The van der Waals surface area contributed by atoms with Crippen LogP contribution in [0.15, 0.2) is 96.2 Å². The third kappa shape index (κ3) is 7.22. The maximum atomic E-state index is 13.5. The van der Waals surface area contributed by atoms with Crippen LogP contribution >= 0.6 is 0 Å². The normalized spacial score (nSPS) is 14.4. The smallest absolute Gasteiger partial charge is 0.261 e. The van der Waals surface area contributed by atoms with E-state index >= 15 is 0 Å². The molecule has 1 aliphatic heterocycles. The van der Waals surface area contributed by atoms with Crippen LogP contribution in [-0.2, 0) is 16.0 Å². The number of nitrogen functional groups attached to an aromatic ring is 1. The second-order valence-corrected chi connectivity index (χ2v) is 11.2. The molecule has 1 amide bonds. The van der Waals surface area contributed by atoms with Crippen LogP contribution in [0, 0.1) is 5.82 Å². The fourth-order valence-electron chi connectivity index (χ4n) is 5.39. The number of hydrogen-bond acceptors (Lipinski definition) is 8. The number of methoxy groups -OCH3 is 1. The molecule has 3 aromatic carbocycles. The Kier molecular flexibility index (Phi) is 9.79. The molecular formula is C37H35FN4O6. The SMILES string of the molecule is CCn1cc(C(=O)Nc2ccc(-c3cc(-c4ccc(OC[C@H]5COCCO5)c(OC)c4)cnc3N)cc2)c(=O)c(-c2ccc(F)cc2)c1. The molecule has 0 aliphatic carbocycles. The molecule has 3 N–H and O–H groups in total. The van der Waals surface area contributed by atoms with Crippen molar-refractivity contribution in [2.45, 2.75) is 19.6 Å². The van der Waals surface area contributed by atoms with Crippen LogP contribution in [-0.4, -0.2) is 55.1 Å². The van der Waals surface area contributed by atoms with E-state index in [0.717, 1.165) is 16.7 Å². The number of nitrogens with one attached hydrogen (secondary N) is 1. The van der Waals surface area contributed by atoms with Crippen molar-refractivity contribution in [2.75, 3.05) is 44.6 Å². The number of carbonyl (C=O) groups is 1. The van der Waals surface area contributed by atoms with Crippen molar-refractivity contribution in [3.8, 4) is 44.9 Å². The van der Waals surface area contributed by atoms with Crippen LogP contribution in [0.3, 0.4) is 0 Å². The molecule has 1 aliphatic rings. The van der Waals surface area contributed by atoms with Crippen molar-refractivity contribution < 1.29 is 28.1 Å². The van der Waals surface area contributed by atoms with Gasteiger partial charge in [0.25, 0.3) is 5.91 Å². The fourth-order valence-corrected chi connectivity index (χ4v) is 5.39. The molecule has 246 valence electrons. The van der Waals surface area contributed by atoms with E-state index in [2.05, 4.69) is 10.3 Å². The number of nitrogens with zero attached hydrogens (tertiary/aromatic N) is 2. The van der Waals surface area contributed by atoms with Crippen LogP contribution in [0.5, 0.6) is 11.5 Å². The van der Waals surface area contributed by atoms with Crippen molar-refractivity contribution in [1.82, 2.24) is 9.55 Å². The zero-order valence-electron chi connectivity index (χ0n) is 26.6. The quantitative estimate of drug-likeness (QED) is 0.187. The maximum Gasteiger partial charge on any atom is 0.261 e. The van der Waals surface area contributed by atoms with Crippen molar-refractivity contribution in [3.05, 3.63) is 113 Å². The molecule has 2 aromatic heterocycles. The van der Waals surface area contributed by atoms with Crippen LogP contribution in [0.4, 0.5) is 15.9 Å². The third-order valence-electron chi connectivity index (χ3n) is 8.02. The Morgan fingerprint density at radius 3 is 2.40 bits per heavy atom. The molecule has 5 aromatic rings. The topological polar surface area (TPSA) is 127 Å². The van der Waals surface area contributed by atoms with Gasteiger partial charge in [-0.05, 0) is 66.1 Å². The summed E-state index contributed by atoms with van der Waals surface area (Å²) >= 11 is 0. The van der Waals surface area contributed by atoms with E-state index in [-0.39, 0.29) is 11.7 Å². The van der Waals surface area contributed by atoms with E-state index in [1.54, 1.807) is 36.2 Å². The fraction of sp³-hybridized carbons (Fsp3) is 0.216. The maximum absolute atomic E-state index is 13.5. The van der Waals surface area contributed by atoms with Crippen LogP contribution in [0.2, 0.25) is 0 Å². The average Bonchev–Trinajstić information content (AvgIpc) is 3.12. The number of aryl methyl sites for hydroxylation is 1. The summed E-state index contributed by atoms with van der Waals surface area (Å²) in [5.41, 5.74) is 10.3. The van der Waals surface area contributed by atoms with Gasteiger partial charge >= 0.3 is 0 Å². The predicted octanol–water partition coefficient (Wildman–Crippen LogP) is 6.04. The van der Waals surface area contributed by atoms with Gasteiger partial charge in [0, 0.05) is 47.5 Å². The van der Waals surface area contributed by atoms with Gasteiger partial charge in [-0.25, -0.2) is 9.37 Å². The number of aromatic nitrogens is 2. The lowest BCUT2D eigenvalue weighted by Gasteiger charge is -2.23. The zero-order valence-corrected chi connectivity index (χ0v) is 26.6. The number of hydrogen-bond donors (Lipinski definition) is 2. The van der Waals surface area contributed by atoms with Crippen molar-refractivity contribution in [3.63, 3.8) is 0 Å². The first-order valence-electron chi connectivity index (χ1n) is 15.5. The molecule has 10 nitrogen and oxygen atoms in total. The monoisotopic (exact) mass is 650 g/mol. The lowest BCUT2D eigenvalue weighted by atomic mass is 10.0. The first-order valence-corrected chi connectivity index (χ1v) is 15.5. The van der Waals surface area contributed by atoms with E-state index in [9.17, 15) is 14.0 Å². The van der Waals surface area contributed by atoms with Gasteiger partial charge < -0.3 is 34.6 Å². The number of ether oxygens (including phenoxy) is 4. The molecule has 1 fully saturated rings. The summed E-state index contributed by atoms with van der Waals surface area (Å²) in [5.74, 6) is 0.537. The summed E-state index contributed by atoms with van der Waals surface area (Å²) in [4.78, 5) is 31.1. The molecule has 0 radical (unpaired) electrons. The average molecular weight is 651 g/mol. The molecule has 1 saturated heterocycles. The number of carbonyl (C=O) groups excluding carboxylic acids is 1. The number of benzene rings is 3. The van der Waals surface area contributed by atoms with Gasteiger partial charge in [0.05, 0.1) is 26.9 Å². The van der Waals surface area contributed by atoms with Gasteiger partial charge in [0.1, 0.15) is 29.9 Å². The molecule has 11 heteroatoms. The van der Waals surface area contributed by atoms with Crippen molar-refractivity contribution >= 4 is 17.4 Å². The highest BCUT2D eigenvalue weighted by Gasteiger charge is 2.18. The Labute approximate surface area is 276 Å². The Morgan fingerprint density at radius 2 is 1.69 bits per heavy atom. The van der Waals surface area contributed by atoms with Crippen molar-refractivity contribution in [2.24, 2.45) is 0 Å². The molecule has 0 bridgehead atoms. The number of rotatable bonds is 10. The number of anilines is 2. The van der Waals surface area contributed by atoms with Gasteiger partial charge in [-0.2, -0.15) is 0 Å². The highest BCUT2D eigenvalue weighted by Crippen LogP contribution is 2.35. The minimum absolute atomic E-state index is 0.0212. The molecular weight excluding hydrogens is 615 g/mol. The Morgan fingerprint density at radius 1 is 0.958 bits per heavy atom. The van der Waals surface area contributed by atoms with Gasteiger partial charge in [0.15, 0.2) is 11.5 Å². The Hall–Kier alpha value is -5.52. The van der Waals surface area contributed by atoms with Gasteiger partial charge in [0.2, 0.25) is 5.43 Å². The molecule has 3 heterocycles. The minimum Gasteiger partial charge on any atom is -0.493 e. The predicted molar refractivity (Wildman–Crippen MR) is 182 cm³/mol. The van der Waals surface area contributed by atoms with Gasteiger partial charge in [-0.15, -0.1) is 0 Å². The number of amides is 1. The lowest BCUT2D eigenvalue weighted by molar-refractivity contribution is -0.101. The third-order valence-corrected chi connectivity index (χ3v) is 8.02. The van der Waals surface area contributed by atoms with E-state index in [1.165, 1.54) is 30.5 Å². The number of nitrogens with two attached hydrogens (primary N) is 1. The lowest BCUT2D eigenvalue weighted by Crippen LogP contribution is -2.33. The molecule has 48 heavy (non-hydrogen) atoms. The number of pyridine rings is 2. The van der Waals surface area contributed by atoms with E-state index in [4.69, 9.17) is 24.7 Å². The minimum atomic E-state index is -0.553. The number of halogens is 1. The summed E-state index contributed by atoms with van der Waals surface area (Å²) in [5, 5.41) is 2.82. The Bertz CT molecular complexity index is 1970. The van der Waals surface area contributed by atoms with Crippen LogP contribution in [0.1, 0.15) is 17.3 Å². The van der Waals surface area contributed by atoms with Crippen LogP contribution < -0.4 is 26.0 Å².